The van der Waals surface area contributed by atoms with E-state index >= 15 is 0 Å². The monoisotopic (exact) mass is 487 g/mol. The first-order valence-electron chi connectivity index (χ1n) is 12.1. The topological polar surface area (TPSA) is 58.4 Å². The van der Waals surface area contributed by atoms with Gasteiger partial charge in [-0.25, -0.2) is 13.6 Å². The van der Waals surface area contributed by atoms with Gasteiger partial charge in [0.1, 0.15) is 17.3 Å². The molecule has 0 aliphatic carbocycles. The van der Waals surface area contributed by atoms with Gasteiger partial charge in [0.05, 0.1) is 0 Å². The summed E-state index contributed by atoms with van der Waals surface area (Å²) in [6.45, 7) is 0.631. The van der Waals surface area contributed by atoms with Crippen LogP contribution in [-0.2, 0) is 12.0 Å². The number of hydrogen-bond acceptors (Lipinski definition) is 3. The third kappa shape index (κ3) is 4.66. The van der Waals surface area contributed by atoms with Gasteiger partial charge in [-0.3, -0.25) is 0 Å². The van der Waals surface area contributed by atoms with Gasteiger partial charge >= 0.3 is 6.03 Å². The van der Waals surface area contributed by atoms with Crippen LogP contribution < -0.4 is 0 Å². The zero-order valence-electron chi connectivity index (χ0n) is 19.7. The third-order valence-electron chi connectivity index (χ3n) is 6.87. The minimum Gasteiger partial charge on any atom is -0.374 e. The fourth-order valence-electron chi connectivity index (χ4n) is 4.95. The van der Waals surface area contributed by atoms with Crippen molar-refractivity contribution in [3.8, 4) is 0 Å². The number of halogens is 2. The number of piperidine rings is 1. The van der Waals surface area contributed by atoms with Crippen LogP contribution in [0.15, 0.2) is 91.1 Å². The van der Waals surface area contributed by atoms with E-state index in [4.69, 9.17) is 0 Å². The summed E-state index contributed by atoms with van der Waals surface area (Å²) in [4.78, 5) is 15.4. The van der Waals surface area contributed by atoms with Crippen LogP contribution >= 0.6 is 0 Å². The fraction of sp³-hybridized carbons (Fsp3) is 0.241. The first-order valence-corrected chi connectivity index (χ1v) is 12.1. The number of aromatic nitrogens is 2. The maximum Gasteiger partial charge on any atom is 0.344 e. The Hall–Kier alpha value is -3.84. The Morgan fingerprint density at radius 1 is 0.889 bits per heavy atom. The number of hydrogen-bond donors (Lipinski definition) is 1. The van der Waals surface area contributed by atoms with Crippen LogP contribution in [-0.4, -0.2) is 38.4 Å². The molecule has 4 aromatic rings. The second-order valence-corrected chi connectivity index (χ2v) is 9.19. The summed E-state index contributed by atoms with van der Waals surface area (Å²) in [7, 11) is 0. The lowest BCUT2D eigenvalue weighted by Gasteiger charge is -2.35. The molecule has 2 heterocycles. The van der Waals surface area contributed by atoms with Gasteiger partial charge in [0, 0.05) is 18.8 Å². The molecule has 36 heavy (non-hydrogen) atoms. The number of benzene rings is 3. The van der Waals surface area contributed by atoms with E-state index in [1.807, 2.05) is 23.1 Å². The Labute approximate surface area is 208 Å². The van der Waals surface area contributed by atoms with E-state index in [9.17, 15) is 18.7 Å². The molecule has 1 saturated heterocycles. The van der Waals surface area contributed by atoms with Crippen molar-refractivity contribution >= 4 is 6.03 Å². The van der Waals surface area contributed by atoms with Crippen molar-refractivity contribution < 1.29 is 18.7 Å². The highest BCUT2D eigenvalue weighted by Gasteiger charge is 2.37. The molecule has 5 rings (SSSR count). The van der Waals surface area contributed by atoms with E-state index < -0.39 is 17.2 Å². The van der Waals surface area contributed by atoms with Gasteiger partial charge in [0.25, 0.3) is 0 Å². The van der Waals surface area contributed by atoms with Gasteiger partial charge in [0.15, 0.2) is 5.60 Å². The fourth-order valence-corrected chi connectivity index (χ4v) is 4.95. The number of aliphatic hydroxyl groups is 1. The summed E-state index contributed by atoms with van der Waals surface area (Å²) in [5.41, 5.74) is 0.260. The molecule has 1 fully saturated rings. The lowest BCUT2D eigenvalue weighted by Crippen LogP contribution is -2.47. The van der Waals surface area contributed by atoms with E-state index in [1.165, 1.54) is 65.0 Å². The van der Waals surface area contributed by atoms with E-state index in [0.717, 1.165) is 25.7 Å². The molecule has 1 unspecified atom stereocenters. The molecule has 1 amide bonds. The molecule has 1 aromatic heterocycles. The van der Waals surface area contributed by atoms with Crippen molar-refractivity contribution in [1.82, 2.24) is 14.7 Å². The second kappa shape index (κ2) is 10.0. The number of likely N-dealkylation sites (tertiary alicyclic amines) is 1. The van der Waals surface area contributed by atoms with Gasteiger partial charge in [0.2, 0.25) is 0 Å². The van der Waals surface area contributed by atoms with Gasteiger partial charge in [-0.05, 0) is 72.7 Å². The largest absolute Gasteiger partial charge is 0.374 e. The molecule has 0 radical (unpaired) electrons. The average Bonchev–Trinajstić information content (AvgIpc) is 3.41. The Balaban J connectivity index is 1.48. The Bertz CT molecular complexity index is 1280. The molecule has 3 aromatic carbocycles. The van der Waals surface area contributed by atoms with Crippen LogP contribution in [0, 0.1) is 11.6 Å². The van der Waals surface area contributed by atoms with Crippen LogP contribution in [0.25, 0.3) is 0 Å². The average molecular weight is 488 g/mol. The minimum atomic E-state index is -1.81. The van der Waals surface area contributed by atoms with Crippen molar-refractivity contribution in [2.24, 2.45) is 0 Å². The molecule has 0 bridgehead atoms. The highest BCUT2D eigenvalue weighted by molar-refractivity contribution is 5.76. The number of rotatable bonds is 5. The quantitative estimate of drug-likeness (QED) is 0.404. The Morgan fingerprint density at radius 3 is 2.11 bits per heavy atom. The Kier molecular flexibility index (Phi) is 6.65. The predicted molar refractivity (Wildman–Crippen MR) is 132 cm³/mol. The van der Waals surface area contributed by atoms with Crippen LogP contribution in [0.5, 0.6) is 0 Å². The van der Waals surface area contributed by atoms with Crippen LogP contribution in [0.1, 0.15) is 41.6 Å². The molecule has 1 aliphatic rings. The predicted octanol–water partition coefficient (Wildman–Crippen LogP) is 5.51. The summed E-state index contributed by atoms with van der Waals surface area (Å²) in [6, 6.07) is 22.3. The van der Waals surface area contributed by atoms with E-state index in [-0.39, 0.29) is 17.8 Å². The molecule has 0 saturated carbocycles. The lowest BCUT2D eigenvalue weighted by atomic mass is 9.83. The SMILES string of the molecule is O=C(N1CCCCC1Cc1ccccc1)n1ccc(C(O)(c2ccc(F)cc2)c2ccc(F)cc2)n1. The van der Waals surface area contributed by atoms with E-state index in [1.54, 1.807) is 6.07 Å². The molecular formula is C29H27F2N3O2. The molecule has 1 N–H and O–H groups in total. The smallest absolute Gasteiger partial charge is 0.344 e. The summed E-state index contributed by atoms with van der Waals surface area (Å²) >= 11 is 0. The summed E-state index contributed by atoms with van der Waals surface area (Å²) in [5.74, 6) is -0.897. The number of nitrogens with zero attached hydrogens (tertiary/aromatic N) is 3. The van der Waals surface area contributed by atoms with Crippen LogP contribution in [0.2, 0.25) is 0 Å². The normalized spacial score (nSPS) is 16.2. The molecule has 5 nitrogen and oxygen atoms in total. The van der Waals surface area contributed by atoms with Crippen LogP contribution in [0.4, 0.5) is 13.6 Å². The minimum absolute atomic E-state index is 0.0504. The van der Waals surface area contributed by atoms with Gasteiger partial charge < -0.3 is 10.0 Å². The van der Waals surface area contributed by atoms with Crippen molar-refractivity contribution in [3.63, 3.8) is 0 Å². The highest BCUT2D eigenvalue weighted by Crippen LogP contribution is 2.36. The first-order chi connectivity index (χ1) is 17.4. The van der Waals surface area contributed by atoms with E-state index in [0.29, 0.717) is 17.7 Å². The number of carbonyl (C=O) groups is 1. The van der Waals surface area contributed by atoms with Gasteiger partial charge in [-0.1, -0.05) is 54.6 Å². The highest BCUT2D eigenvalue weighted by atomic mass is 19.1. The maximum atomic E-state index is 13.6. The van der Waals surface area contributed by atoms with Crippen LogP contribution in [0.3, 0.4) is 0 Å². The molecule has 1 atom stereocenters. The zero-order chi connectivity index (χ0) is 25.1. The summed E-state index contributed by atoms with van der Waals surface area (Å²) in [5, 5.41) is 16.4. The standard InChI is InChI=1S/C29H27F2N3O2/c30-24-13-9-22(10-14-24)29(36,23-11-15-25(31)16-12-23)27-17-19-34(32-27)28(35)33-18-5-4-8-26(33)20-21-6-2-1-3-7-21/h1-3,6-7,9-17,19,26,36H,4-5,8,18,20H2. The maximum absolute atomic E-state index is 13.6. The van der Waals surface area contributed by atoms with Crippen molar-refractivity contribution in [2.75, 3.05) is 6.54 Å². The van der Waals surface area contributed by atoms with E-state index in [2.05, 4.69) is 17.2 Å². The Morgan fingerprint density at radius 2 is 1.50 bits per heavy atom. The zero-order valence-corrected chi connectivity index (χ0v) is 19.7. The van der Waals surface area contributed by atoms with Gasteiger partial charge in [-0.15, -0.1) is 0 Å². The summed E-state index contributed by atoms with van der Waals surface area (Å²) in [6.07, 6.45) is 5.17. The van der Waals surface area contributed by atoms with Crippen molar-refractivity contribution in [1.29, 1.82) is 0 Å². The molecular weight excluding hydrogens is 460 g/mol. The number of amides is 1. The van der Waals surface area contributed by atoms with Crippen molar-refractivity contribution in [3.05, 3.63) is 125 Å². The third-order valence-corrected chi connectivity index (χ3v) is 6.87. The molecule has 1 aliphatic heterocycles. The lowest BCUT2D eigenvalue weighted by molar-refractivity contribution is 0.119. The number of carbonyl (C=O) groups excluding carboxylic acids is 1. The molecule has 7 heteroatoms. The van der Waals surface area contributed by atoms with Crippen molar-refractivity contribution in [2.45, 2.75) is 37.3 Å². The first kappa shape index (κ1) is 23.9. The van der Waals surface area contributed by atoms with Gasteiger partial charge in [-0.2, -0.15) is 9.78 Å². The second-order valence-electron chi connectivity index (χ2n) is 9.19. The summed E-state index contributed by atoms with van der Waals surface area (Å²) < 4.78 is 28.5. The molecule has 184 valence electrons. The molecule has 0 spiro atoms.